The minimum atomic E-state index is -1.87. The second kappa shape index (κ2) is 2.71. The maximum Gasteiger partial charge on any atom is 0.365 e. The molecule has 1 aliphatic rings. The van der Waals surface area contributed by atoms with Crippen molar-refractivity contribution in [2.24, 2.45) is 0 Å². The summed E-state index contributed by atoms with van der Waals surface area (Å²) in [6.45, 7) is 0. The lowest BCUT2D eigenvalue weighted by atomic mass is 10.6. The summed E-state index contributed by atoms with van der Waals surface area (Å²) >= 11 is 6.33. The maximum atomic E-state index is 10.6. The third-order valence-electron chi connectivity index (χ3n) is 1.03. The summed E-state index contributed by atoms with van der Waals surface area (Å²) in [6, 6.07) is 0. The molecule has 5 heteroatoms. The molecule has 56 valence electrons. The second-order valence-electron chi connectivity index (χ2n) is 1.65. The summed E-state index contributed by atoms with van der Waals surface area (Å²) in [5.74, 6) is 0. The van der Waals surface area contributed by atoms with Crippen LogP contribution in [-0.2, 0) is 0 Å². The first-order chi connectivity index (χ1) is 4.57. The van der Waals surface area contributed by atoms with Crippen molar-refractivity contribution < 1.29 is 9.90 Å². The monoisotopic (exact) mass is 286 g/mol. The largest absolute Gasteiger partial charge is 0.473 e. The first-order valence-electron chi connectivity index (χ1n) is 2.37. The average Bonchev–Trinajstić information content (AvgIpc) is 2.15. The second-order valence-corrected chi connectivity index (χ2v) is 8.31. The first kappa shape index (κ1) is 8.36. The Kier molecular flexibility index (Phi) is 2.27. The minimum Gasteiger partial charge on any atom is -0.473 e. The number of allylic oxidation sites excluding steroid dienone is 2. The topological polar surface area (TPSA) is 37.3 Å². The number of halogens is 2. The van der Waals surface area contributed by atoms with E-state index in [0.29, 0.717) is 3.81 Å². The van der Waals surface area contributed by atoms with E-state index in [4.69, 9.17) is 5.11 Å². The summed E-state index contributed by atoms with van der Waals surface area (Å²) in [5.41, 5.74) is 0. The summed E-state index contributed by atoms with van der Waals surface area (Å²) in [7, 11) is -1.87. The Labute approximate surface area is 75.6 Å². The van der Waals surface area contributed by atoms with E-state index in [2.05, 4.69) is 30.7 Å². The third-order valence-corrected chi connectivity index (χ3v) is 8.40. The molecule has 0 aromatic carbocycles. The van der Waals surface area contributed by atoms with E-state index >= 15 is 0 Å². The molecule has 0 radical (unpaired) electrons. The Hall–Kier alpha value is 0.260. The van der Waals surface area contributed by atoms with Gasteiger partial charge in [-0.3, -0.25) is 0 Å². The van der Waals surface area contributed by atoms with E-state index in [-0.39, 0.29) is 0 Å². The molecule has 0 saturated heterocycles. The molecule has 1 unspecified atom stereocenters. The van der Waals surface area contributed by atoms with Gasteiger partial charge in [0.2, 0.25) is 0 Å². The fourth-order valence-corrected chi connectivity index (χ4v) is 3.10. The summed E-state index contributed by atoms with van der Waals surface area (Å²) in [5, 5.41) is 9.53. The van der Waals surface area contributed by atoms with Gasteiger partial charge in [0.05, 0.1) is 3.81 Å². The van der Waals surface area contributed by atoms with Crippen molar-refractivity contribution in [3.63, 3.8) is 0 Å². The van der Waals surface area contributed by atoms with Crippen molar-refractivity contribution in [2.75, 3.05) is 0 Å². The molecule has 1 atom stereocenters. The van der Waals surface area contributed by atoms with Crippen LogP contribution in [0.4, 0.5) is 4.79 Å². The van der Waals surface area contributed by atoms with Crippen LogP contribution in [0, 0.1) is 0 Å². The summed E-state index contributed by atoms with van der Waals surface area (Å²) < 4.78 is 0.701. The van der Waals surface area contributed by atoms with Gasteiger partial charge in [0.15, 0.2) is 0 Å². The molecule has 1 aliphatic heterocycles. The van der Waals surface area contributed by atoms with Crippen molar-refractivity contribution in [2.45, 2.75) is 0 Å². The SMILES string of the molecule is O=C(O)S1(Br)C=CC=C1Br. The van der Waals surface area contributed by atoms with Crippen LogP contribution in [0.15, 0.2) is 21.4 Å². The molecule has 1 rings (SSSR count). The molecule has 10 heavy (non-hydrogen) atoms. The van der Waals surface area contributed by atoms with Gasteiger partial charge in [-0.1, -0.05) is 6.08 Å². The van der Waals surface area contributed by atoms with E-state index in [9.17, 15) is 4.79 Å². The Morgan fingerprint density at radius 2 is 2.30 bits per heavy atom. The molecule has 1 heterocycles. The molecule has 2 nitrogen and oxygen atoms in total. The molecule has 0 bridgehead atoms. The maximum absolute atomic E-state index is 10.6. The van der Waals surface area contributed by atoms with Crippen LogP contribution in [0.25, 0.3) is 0 Å². The van der Waals surface area contributed by atoms with Gasteiger partial charge in [0.1, 0.15) is 0 Å². The molecule has 1 N–H and O–H groups in total. The molecular formula is C5H4Br2O2S. The molecule has 0 aliphatic carbocycles. The fraction of sp³-hybridized carbons (Fsp3) is 0. The van der Waals surface area contributed by atoms with Gasteiger partial charge in [-0.2, -0.15) is 0 Å². The Morgan fingerprint density at radius 3 is 2.50 bits per heavy atom. The number of hydrogen-bond donors (Lipinski definition) is 1. The van der Waals surface area contributed by atoms with Crippen molar-refractivity contribution >= 4 is 44.5 Å². The van der Waals surface area contributed by atoms with Gasteiger partial charge in [0.25, 0.3) is 0 Å². The van der Waals surface area contributed by atoms with Crippen molar-refractivity contribution in [1.29, 1.82) is 0 Å². The molecule has 0 aromatic heterocycles. The first-order valence-corrected chi connectivity index (χ1v) is 6.70. The number of rotatable bonds is 0. The van der Waals surface area contributed by atoms with Crippen LogP contribution in [0.5, 0.6) is 0 Å². The highest BCUT2D eigenvalue weighted by atomic mass is 79.9. The van der Waals surface area contributed by atoms with Crippen LogP contribution in [0.2, 0.25) is 0 Å². The zero-order valence-corrected chi connectivity index (χ0v) is 8.74. The quantitative estimate of drug-likeness (QED) is 0.740. The Balaban J connectivity index is 3.00. The van der Waals surface area contributed by atoms with E-state index in [0.717, 1.165) is 0 Å². The van der Waals surface area contributed by atoms with Gasteiger partial charge < -0.3 is 5.11 Å². The fourth-order valence-electron chi connectivity index (χ4n) is 0.529. The minimum absolute atomic E-state index is 0.701. The Morgan fingerprint density at radius 1 is 1.70 bits per heavy atom. The van der Waals surface area contributed by atoms with Crippen LogP contribution < -0.4 is 0 Å². The van der Waals surface area contributed by atoms with E-state index in [1.165, 1.54) is 0 Å². The number of carboxylic acid groups (broad SMARTS) is 1. The van der Waals surface area contributed by atoms with Gasteiger partial charge in [-0.05, 0) is 50.7 Å². The van der Waals surface area contributed by atoms with E-state index < -0.39 is 13.8 Å². The molecule has 0 amide bonds. The van der Waals surface area contributed by atoms with Crippen LogP contribution >= 0.6 is 39.2 Å². The number of hydrogen-bond acceptors (Lipinski definition) is 1. The molecule has 0 aromatic rings. The highest BCUT2D eigenvalue weighted by Gasteiger charge is 2.31. The van der Waals surface area contributed by atoms with Crippen molar-refractivity contribution in [3.05, 3.63) is 21.4 Å². The van der Waals surface area contributed by atoms with E-state index in [1.54, 1.807) is 17.6 Å². The van der Waals surface area contributed by atoms with Crippen molar-refractivity contribution in [3.8, 4) is 0 Å². The average molecular weight is 288 g/mol. The molecular weight excluding hydrogens is 284 g/mol. The predicted molar refractivity (Wildman–Crippen MR) is 50.7 cm³/mol. The highest BCUT2D eigenvalue weighted by molar-refractivity contribution is 9.63. The van der Waals surface area contributed by atoms with Crippen LogP contribution in [0.3, 0.4) is 0 Å². The lowest BCUT2D eigenvalue weighted by Crippen LogP contribution is -1.97. The summed E-state index contributed by atoms with van der Waals surface area (Å²) in [4.78, 5) is 10.6. The predicted octanol–water partition coefficient (Wildman–Crippen LogP) is 3.54. The summed E-state index contributed by atoms with van der Waals surface area (Å²) in [6.07, 6.45) is 3.46. The number of carbonyl (C=O) groups is 1. The highest BCUT2D eigenvalue weighted by Crippen LogP contribution is 2.68. The molecule has 0 spiro atoms. The molecule has 0 saturated carbocycles. The Bertz CT molecular complexity index is 236. The zero-order valence-electron chi connectivity index (χ0n) is 4.75. The smallest absolute Gasteiger partial charge is 0.365 e. The van der Waals surface area contributed by atoms with E-state index in [1.807, 2.05) is 0 Å². The standard InChI is InChI=1S/C5H4Br2O2S/c6-4-2-1-3-10(4,7)5(8)9/h1-3H,(H,8,9). The zero-order chi connectivity index (χ0) is 7.78. The van der Waals surface area contributed by atoms with Gasteiger partial charge in [-0.25, -0.2) is 4.79 Å². The van der Waals surface area contributed by atoms with Gasteiger partial charge >= 0.3 is 5.30 Å². The van der Waals surface area contributed by atoms with Gasteiger partial charge in [-0.15, -0.1) is 0 Å². The lowest BCUT2D eigenvalue weighted by molar-refractivity contribution is 0.222. The van der Waals surface area contributed by atoms with Crippen LogP contribution in [-0.4, -0.2) is 10.4 Å². The lowest BCUT2D eigenvalue weighted by Gasteiger charge is -2.19. The third kappa shape index (κ3) is 1.17. The van der Waals surface area contributed by atoms with Gasteiger partial charge in [0, 0.05) is 0 Å². The van der Waals surface area contributed by atoms with Crippen molar-refractivity contribution in [1.82, 2.24) is 0 Å². The van der Waals surface area contributed by atoms with Crippen LogP contribution in [0.1, 0.15) is 0 Å². The normalized spacial score (nSPS) is 36.8. The molecule has 0 fully saturated rings.